The van der Waals surface area contributed by atoms with E-state index < -0.39 is 0 Å². The molecule has 1 heterocycles. The minimum atomic E-state index is 0.640. The van der Waals surface area contributed by atoms with Gasteiger partial charge in [-0.3, -0.25) is 4.68 Å². The first-order chi connectivity index (χ1) is 9.56. The molecule has 0 bridgehead atoms. The van der Waals surface area contributed by atoms with Gasteiger partial charge in [-0.05, 0) is 35.0 Å². The van der Waals surface area contributed by atoms with Crippen LogP contribution in [0.15, 0.2) is 22.7 Å². The molecule has 0 spiro atoms. The number of hydrogen-bond acceptors (Lipinski definition) is 4. The highest BCUT2D eigenvalue weighted by Gasteiger charge is 2.11. The number of ether oxygens (including phenoxy) is 2. The Morgan fingerprint density at radius 3 is 2.60 bits per heavy atom. The molecule has 0 saturated carbocycles. The average molecular weight is 340 g/mol. The number of nitrogens with zero attached hydrogens (tertiary/aromatic N) is 2. The van der Waals surface area contributed by atoms with Crippen LogP contribution in [0.2, 0.25) is 0 Å². The standard InChI is InChI=1S/C14H18BrN3O2/c1-9-14(15)12(18(2)17-9)8-16-11-7-10(19-3)5-6-13(11)20-4/h5-7,16H,8H2,1-4H3. The first-order valence-corrected chi connectivity index (χ1v) is 7.00. The third-order valence-corrected chi connectivity index (χ3v) is 4.15. The van der Waals surface area contributed by atoms with Gasteiger partial charge in [-0.1, -0.05) is 0 Å². The van der Waals surface area contributed by atoms with Gasteiger partial charge in [0, 0.05) is 13.1 Å². The predicted molar refractivity (Wildman–Crippen MR) is 82.5 cm³/mol. The number of benzene rings is 1. The minimum absolute atomic E-state index is 0.640. The lowest BCUT2D eigenvalue weighted by atomic mass is 10.2. The molecule has 0 aliphatic heterocycles. The van der Waals surface area contributed by atoms with E-state index in [1.165, 1.54) is 0 Å². The first-order valence-electron chi connectivity index (χ1n) is 6.20. The van der Waals surface area contributed by atoms with Gasteiger partial charge in [0.05, 0.1) is 42.3 Å². The van der Waals surface area contributed by atoms with Crippen LogP contribution in [0.1, 0.15) is 11.4 Å². The van der Waals surface area contributed by atoms with Crippen LogP contribution < -0.4 is 14.8 Å². The summed E-state index contributed by atoms with van der Waals surface area (Å²) in [4.78, 5) is 0. The lowest BCUT2D eigenvalue weighted by molar-refractivity contribution is 0.404. The number of hydrogen-bond donors (Lipinski definition) is 1. The number of rotatable bonds is 5. The molecular weight excluding hydrogens is 322 g/mol. The zero-order valence-electron chi connectivity index (χ0n) is 12.0. The largest absolute Gasteiger partial charge is 0.497 e. The lowest BCUT2D eigenvalue weighted by Crippen LogP contribution is -2.07. The molecule has 1 N–H and O–H groups in total. The maximum absolute atomic E-state index is 5.35. The fourth-order valence-electron chi connectivity index (χ4n) is 2.00. The van der Waals surface area contributed by atoms with Gasteiger partial charge < -0.3 is 14.8 Å². The fourth-order valence-corrected chi connectivity index (χ4v) is 2.48. The van der Waals surface area contributed by atoms with E-state index in [1.807, 2.05) is 36.9 Å². The highest BCUT2D eigenvalue weighted by Crippen LogP contribution is 2.30. The van der Waals surface area contributed by atoms with Crippen molar-refractivity contribution in [3.05, 3.63) is 34.1 Å². The molecule has 0 aliphatic carbocycles. The zero-order chi connectivity index (χ0) is 14.7. The molecule has 6 heteroatoms. The van der Waals surface area contributed by atoms with Crippen molar-refractivity contribution >= 4 is 21.6 Å². The Morgan fingerprint density at radius 1 is 1.30 bits per heavy atom. The van der Waals surface area contributed by atoms with E-state index >= 15 is 0 Å². The second-order valence-electron chi connectivity index (χ2n) is 4.39. The number of nitrogens with one attached hydrogen (secondary N) is 1. The van der Waals surface area contributed by atoms with E-state index in [0.717, 1.165) is 33.0 Å². The molecule has 0 aliphatic rings. The second kappa shape index (κ2) is 6.17. The summed E-state index contributed by atoms with van der Waals surface area (Å²) in [7, 11) is 5.22. The summed E-state index contributed by atoms with van der Waals surface area (Å²) in [5.74, 6) is 1.56. The lowest BCUT2D eigenvalue weighted by Gasteiger charge is -2.13. The van der Waals surface area contributed by atoms with Crippen LogP contribution in [-0.4, -0.2) is 24.0 Å². The van der Waals surface area contributed by atoms with E-state index in [1.54, 1.807) is 14.2 Å². The molecule has 1 aromatic heterocycles. The van der Waals surface area contributed by atoms with E-state index in [2.05, 4.69) is 26.3 Å². The van der Waals surface area contributed by atoms with Gasteiger partial charge in [0.25, 0.3) is 0 Å². The summed E-state index contributed by atoms with van der Waals surface area (Å²) in [6.07, 6.45) is 0. The molecule has 0 saturated heterocycles. The van der Waals surface area contributed by atoms with Crippen molar-refractivity contribution < 1.29 is 9.47 Å². The summed E-state index contributed by atoms with van der Waals surface area (Å²) in [6.45, 7) is 2.61. The summed E-state index contributed by atoms with van der Waals surface area (Å²) in [6, 6.07) is 5.66. The summed E-state index contributed by atoms with van der Waals surface area (Å²) in [5, 5.41) is 7.73. The predicted octanol–water partition coefficient (Wildman–Crippen LogP) is 3.12. The highest BCUT2D eigenvalue weighted by molar-refractivity contribution is 9.10. The van der Waals surface area contributed by atoms with Crippen LogP contribution in [0.3, 0.4) is 0 Å². The Kier molecular flexibility index (Phi) is 4.54. The van der Waals surface area contributed by atoms with E-state index in [4.69, 9.17) is 9.47 Å². The van der Waals surface area contributed by atoms with Gasteiger partial charge in [0.15, 0.2) is 0 Å². The average Bonchev–Trinajstić information content (AvgIpc) is 2.70. The molecule has 2 rings (SSSR count). The zero-order valence-corrected chi connectivity index (χ0v) is 13.6. The fraction of sp³-hybridized carbons (Fsp3) is 0.357. The van der Waals surface area contributed by atoms with E-state index in [9.17, 15) is 0 Å². The number of halogens is 1. The Balaban J connectivity index is 2.21. The van der Waals surface area contributed by atoms with Crippen LogP contribution in [0.4, 0.5) is 5.69 Å². The first kappa shape index (κ1) is 14.7. The topological polar surface area (TPSA) is 48.3 Å². The van der Waals surface area contributed by atoms with Crippen molar-refractivity contribution in [3.63, 3.8) is 0 Å². The van der Waals surface area contributed by atoms with Gasteiger partial charge in [-0.2, -0.15) is 5.10 Å². The monoisotopic (exact) mass is 339 g/mol. The molecule has 0 fully saturated rings. The number of aryl methyl sites for hydroxylation is 2. The number of methoxy groups -OCH3 is 2. The Hall–Kier alpha value is -1.69. The summed E-state index contributed by atoms with van der Waals surface area (Å²) in [5.41, 5.74) is 2.94. The Bertz CT molecular complexity index is 611. The Morgan fingerprint density at radius 2 is 2.05 bits per heavy atom. The van der Waals surface area contributed by atoms with Crippen molar-refractivity contribution in [1.82, 2.24) is 9.78 Å². The van der Waals surface area contributed by atoms with Crippen molar-refractivity contribution in [2.75, 3.05) is 19.5 Å². The molecule has 0 amide bonds. The van der Waals surface area contributed by atoms with Crippen molar-refractivity contribution in [3.8, 4) is 11.5 Å². The van der Waals surface area contributed by atoms with Crippen LogP contribution in [-0.2, 0) is 13.6 Å². The van der Waals surface area contributed by atoms with Crippen LogP contribution in [0, 0.1) is 6.92 Å². The molecule has 2 aromatic rings. The molecule has 0 unspecified atom stereocenters. The summed E-state index contributed by atoms with van der Waals surface area (Å²) >= 11 is 3.56. The molecule has 108 valence electrons. The van der Waals surface area contributed by atoms with Crippen LogP contribution >= 0.6 is 15.9 Å². The van der Waals surface area contributed by atoms with Crippen molar-refractivity contribution in [2.24, 2.45) is 7.05 Å². The van der Waals surface area contributed by atoms with Gasteiger partial charge in [0.1, 0.15) is 11.5 Å². The van der Waals surface area contributed by atoms with Crippen molar-refractivity contribution in [1.29, 1.82) is 0 Å². The molecule has 5 nitrogen and oxygen atoms in total. The molecular formula is C14H18BrN3O2. The maximum atomic E-state index is 5.35. The maximum Gasteiger partial charge on any atom is 0.142 e. The van der Waals surface area contributed by atoms with Crippen LogP contribution in [0.25, 0.3) is 0 Å². The van der Waals surface area contributed by atoms with Gasteiger partial charge >= 0.3 is 0 Å². The number of aromatic nitrogens is 2. The third kappa shape index (κ3) is 2.90. The second-order valence-corrected chi connectivity index (χ2v) is 5.18. The smallest absolute Gasteiger partial charge is 0.142 e. The molecule has 1 aromatic carbocycles. The number of anilines is 1. The summed E-state index contributed by atoms with van der Waals surface area (Å²) < 4.78 is 13.5. The highest BCUT2D eigenvalue weighted by atomic mass is 79.9. The third-order valence-electron chi connectivity index (χ3n) is 3.11. The van der Waals surface area contributed by atoms with E-state index in [0.29, 0.717) is 6.54 Å². The minimum Gasteiger partial charge on any atom is -0.497 e. The molecule has 20 heavy (non-hydrogen) atoms. The Labute approximate surface area is 127 Å². The van der Waals surface area contributed by atoms with Gasteiger partial charge in [-0.25, -0.2) is 0 Å². The quantitative estimate of drug-likeness (QED) is 0.909. The van der Waals surface area contributed by atoms with Crippen molar-refractivity contribution in [2.45, 2.75) is 13.5 Å². The van der Waals surface area contributed by atoms with Crippen LogP contribution in [0.5, 0.6) is 11.5 Å². The van der Waals surface area contributed by atoms with Gasteiger partial charge in [0.2, 0.25) is 0 Å². The molecule has 0 radical (unpaired) electrons. The SMILES string of the molecule is COc1ccc(OC)c(NCc2c(Br)c(C)nn2C)c1. The normalized spacial score (nSPS) is 10.4. The van der Waals surface area contributed by atoms with Gasteiger partial charge in [-0.15, -0.1) is 0 Å². The molecule has 0 atom stereocenters. The van der Waals surface area contributed by atoms with E-state index in [-0.39, 0.29) is 0 Å².